The van der Waals surface area contributed by atoms with Crippen LogP contribution in [0.5, 0.6) is 0 Å². The van der Waals surface area contributed by atoms with Crippen molar-refractivity contribution in [2.45, 2.75) is 138 Å². The number of ether oxygens (including phenoxy) is 2. The first-order valence-electron chi connectivity index (χ1n) is 20.0. The van der Waals surface area contributed by atoms with Crippen LogP contribution in [0, 0.1) is 64.1 Å². The van der Waals surface area contributed by atoms with E-state index >= 15 is 0 Å². The van der Waals surface area contributed by atoms with Gasteiger partial charge < -0.3 is 14.4 Å². The first-order chi connectivity index (χ1) is 22.7. The largest absolute Gasteiger partial charge is 0.462 e. The number of hydrogen-bond donors (Lipinski definition) is 0. The minimum Gasteiger partial charge on any atom is -0.462 e. The number of nitrogens with zero attached hydrogens (tertiary/aromatic N) is 1. The Morgan fingerprint density at radius 3 is 2.15 bits per heavy atom. The number of hydrogen-bond acceptors (Lipinski definition) is 5. The number of carbonyl (C=O) groups is 2. The van der Waals surface area contributed by atoms with Gasteiger partial charge in [-0.3, -0.25) is 0 Å². The molecule has 4 unspecified atom stereocenters. The summed E-state index contributed by atoms with van der Waals surface area (Å²) >= 11 is 0. The summed E-state index contributed by atoms with van der Waals surface area (Å²) in [5.41, 5.74) is 1.93. The van der Waals surface area contributed by atoms with E-state index in [-0.39, 0.29) is 31.1 Å². The molecule has 0 aliphatic heterocycles. The smallest absolute Gasteiger partial charge is 0.334 e. The fourth-order valence-corrected chi connectivity index (χ4v) is 11.6. The van der Waals surface area contributed by atoms with E-state index in [1.165, 1.54) is 83.5 Å². The standard InChI is InChI=1S/C43H73NO4/c1-29(2)13-11-14-31(5)37-19-20-38-36-18-17-35-25-33(21-23-42(35,7)39(36)22-24-43(37,38)8)15-12-16-34(27-47-40(45)30(3)4)28-48-41(46)32(6)26-44(9)10/h29,31,33-39H,3,6,11-28H2,1-2,4-5,7-10H3/t31-,33+,34?,35?,36+,37-,38?,39?,42+,43-/m1/s1. The molecule has 48 heavy (non-hydrogen) atoms. The van der Waals surface area contributed by atoms with Gasteiger partial charge in [0.05, 0.1) is 13.2 Å². The lowest BCUT2D eigenvalue weighted by molar-refractivity contribution is -0.144. The Hall–Kier alpha value is -1.62. The van der Waals surface area contributed by atoms with Crippen molar-refractivity contribution in [1.82, 2.24) is 4.90 Å². The zero-order valence-corrected chi connectivity index (χ0v) is 32.4. The highest BCUT2D eigenvalue weighted by Crippen LogP contribution is 2.68. The number of likely N-dealkylation sites (N-methyl/N-ethyl adjacent to an activating group) is 1. The molecule has 5 nitrogen and oxygen atoms in total. The van der Waals surface area contributed by atoms with Crippen LogP contribution in [-0.4, -0.2) is 50.7 Å². The molecule has 0 N–H and O–H groups in total. The summed E-state index contributed by atoms with van der Waals surface area (Å²) in [5.74, 6) is 6.36. The topological polar surface area (TPSA) is 55.8 Å². The van der Waals surface area contributed by atoms with Gasteiger partial charge in [0.1, 0.15) is 0 Å². The average molecular weight is 668 g/mol. The van der Waals surface area contributed by atoms with E-state index in [2.05, 4.69) is 47.8 Å². The van der Waals surface area contributed by atoms with Crippen LogP contribution in [0.4, 0.5) is 0 Å². The molecule has 0 aromatic heterocycles. The molecule has 0 bridgehead atoms. The predicted octanol–water partition coefficient (Wildman–Crippen LogP) is 10.3. The van der Waals surface area contributed by atoms with Gasteiger partial charge in [-0.2, -0.15) is 0 Å². The summed E-state index contributed by atoms with van der Waals surface area (Å²) < 4.78 is 11.2. The molecule has 4 saturated carbocycles. The minimum absolute atomic E-state index is 0.0154. The van der Waals surface area contributed by atoms with E-state index in [1.807, 2.05) is 19.0 Å². The summed E-state index contributed by atoms with van der Waals surface area (Å²) in [7, 11) is 3.81. The van der Waals surface area contributed by atoms with Gasteiger partial charge in [0.2, 0.25) is 0 Å². The second kappa shape index (κ2) is 17.1. The van der Waals surface area contributed by atoms with E-state index < -0.39 is 0 Å². The molecule has 0 heterocycles. The molecule has 4 rings (SSSR count). The van der Waals surface area contributed by atoms with Gasteiger partial charge in [0.25, 0.3) is 0 Å². The fraction of sp³-hybridized carbons (Fsp3) is 0.860. The third-order valence-electron chi connectivity index (χ3n) is 14.2. The highest BCUT2D eigenvalue weighted by Gasteiger charge is 2.60. The van der Waals surface area contributed by atoms with Gasteiger partial charge in [-0.05, 0) is 143 Å². The second-order valence-corrected chi connectivity index (χ2v) is 18.4. The monoisotopic (exact) mass is 668 g/mol. The molecule has 5 heteroatoms. The van der Waals surface area contributed by atoms with Crippen molar-refractivity contribution in [3.63, 3.8) is 0 Å². The number of carbonyl (C=O) groups excluding carboxylic acids is 2. The van der Waals surface area contributed by atoms with Crippen molar-refractivity contribution in [1.29, 1.82) is 0 Å². The van der Waals surface area contributed by atoms with Gasteiger partial charge in [-0.1, -0.05) is 79.9 Å². The lowest BCUT2D eigenvalue weighted by Crippen LogP contribution is -2.53. The predicted molar refractivity (Wildman–Crippen MR) is 198 cm³/mol. The maximum absolute atomic E-state index is 12.5. The Labute approximate surface area is 295 Å². The van der Waals surface area contributed by atoms with Gasteiger partial charge in [0, 0.05) is 23.6 Å². The van der Waals surface area contributed by atoms with Crippen LogP contribution in [0.3, 0.4) is 0 Å². The van der Waals surface area contributed by atoms with E-state index in [9.17, 15) is 9.59 Å². The lowest BCUT2D eigenvalue weighted by atomic mass is 9.44. The Morgan fingerprint density at radius 2 is 1.48 bits per heavy atom. The van der Waals surface area contributed by atoms with Crippen molar-refractivity contribution >= 4 is 11.9 Å². The zero-order chi connectivity index (χ0) is 35.2. The van der Waals surface area contributed by atoms with Gasteiger partial charge in [-0.15, -0.1) is 0 Å². The SMILES string of the molecule is C=C(C)C(=O)OCC(CCC[C@H]1CC[C@@]2(C)C(CC[C@@H]3C2CC[C@@]2(C)C3CC[C@@H]2[C@H](C)CCCC(C)C)C1)COC(=O)C(=C)CN(C)C. The number of fused-ring (bicyclic) bond motifs is 5. The van der Waals surface area contributed by atoms with E-state index in [4.69, 9.17) is 9.47 Å². The molecule has 0 spiro atoms. The van der Waals surface area contributed by atoms with Crippen LogP contribution in [0.2, 0.25) is 0 Å². The van der Waals surface area contributed by atoms with E-state index in [0.29, 0.717) is 28.5 Å². The van der Waals surface area contributed by atoms with E-state index in [0.717, 1.165) is 60.2 Å². The van der Waals surface area contributed by atoms with Crippen molar-refractivity contribution in [3.05, 3.63) is 24.3 Å². The Kier molecular flexibility index (Phi) is 13.9. The quantitative estimate of drug-likeness (QED) is 0.114. The minimum atomic E-state index is -0.377. The van der Waals surface area contributed by atoms with Crippen LogP contribution >= 0.6 is 0 Å². The van der Waals surface area contributed by atoms with Gasteiger partial charge >= 0.3 is 11.9 Å². The van der Waals surface area contributed by atoms with Gasteiger partial charge in [0.15, 0.2) is 0 Å². The molecule has 274 valence electrons. The molecule has 0 aromatic carbocycles. The Morgan fingerprint density at radius 1 is 0.812 bits per heavy atom. The van der Waals surface area contributed by atoms with E-state index in [1.54, 1.807) is 6.92 Å². The molecule has 0 radical (unpaired) electrons. The fourth-order valence-electron chi connectivity index (χ4n) is 11.6. The summed E-state index contributed by atoms with van der Waals surface area (Å²) in [6.07, 6.45) is 20.3. The molecule has 0 amide bonds. The maximum Gasteiger partial charge on any atom is 0.334 e. The molecule has 10 atom stereocenters. The van der Waals surface area contributed by atoms with Gasteiger partial charge in [-0.25, -0.2) is 9.59 Å². The lowest BCUT2D eigenvalue weighted by Gasteiger charge is -2.61. The molecular formula is C43H73NO4. The first kappa shape index (κ1) is 39.2. The van der Waals surface area contributed by atoms with Crippen molar-refractivity contribution in [2.24, 2.45) is 64.1 Å². The summed E-state index contributed by atoms with van der Waals surface area (Å²) in [5, 5.41) is 0. The van der Waals surface area contributed by atoms with Crippen LogP contribution in [0.25, 0.3) is 0 Å². The summed E-state index contributed by atoms with van der Waals surface area (Å²) in [6.45, 7) is 23.0. The zero-order valence-electron chi connectivity index (χ0n) is 32.4. The molecule has 0 saturated heterocycles. The number of esters is 2. The molecule has 0 aromatic rings. The number of rotatable bonds is 17. The third-order valence-corrected chi connectivity index (χ3v) is 14.2. The second-order valence-electron chi connectivity index (χ2n) is 18.4. The Bertz CT molecular complexity index is 1110. The van der Waals surface area contributed by atoms with Crippen LogP contribution < -0.4 is 0 Å². The third kappa shape index (κ3) is 9.38. The first-order valence-corrected chi connectivity index (χ1v) is 20.0. The molecule has 4 fully saturated rings. The highest BCUT2D eigenvalue weighted by atomic mass is 16.5. The average Bonchev–Trinajstić information content (AvgIpc) is 3.38. The normalized spacial score (nSPS) is 34.1. The Balaban J connectivity index is 1.29. The van der Waals surface area contributed by atoms with Crippen LogP contribution in [0.1, 0.15) is 138 Å². The van der Waals surface area contributed by atoms with Crippen molar-refractivity contribution in [3.8, 4) is 0 Å². The maximum atomic E-state index is 12.5. The molecule has 4 aliphatic rings. The highest BCUT2D eigenvalue weighted by molar-refractivity contribution is 5.88. The summed E-state index contributed by atoms with van der Waals surface area (Å²) in [6, 6.07) is 0. The van der Waals surface area contributed by atoms with Crippen molar-refractivity contribution < 1.29 is 19.1 Å². The molecule has 4 aliphatic carbocycles. The van der Waals surface area contributed by atoms with Crippen LogP contribution in [-0.2, 0) is 19.1 Å². The summed E-state index contributed by atoms with van der Waals surface area (Å²) in [4.78, 5) is 26.6. The van der Waals surface area contributed by atoms with Crippen molar-refractivity contribution in [2.75, 3.05) is 33.9 Å². The molecular weight excluding hydrogens is 594 g/mol. The van der Waals surface area contributed by atoms with Crippen LogP contribution in [0.15, 0.2) is 24.3 Å².